The molecule has 0 radical (unpaired) electrons. The molecule has 0 aromatic carbocycles. The van der Waals surface area contributed by atoms with Crippen molar-refractivity contribution in [3.63, 3.8) is 0 Å². The molecule has 0 N–H and O–H groups in total. The smallest absolute Gasteiger partial charge is 0.410 e. The molecule has 0 saturated carbocycles. The number of amides is 1. The van der Waals surface area contributed by atoms with Crippen LogP contribution in [0.5, 0.6) is 0 Å². The van der Waals surface area contributed by atoms with Crippen LogP contribution in [0.3, 0.4) is 0 Å². The summed E-state index contributed by atoms with van der Waals surface area (Å²) in [5, 5.41) is 1.12. The maximum absolute atomic E-state index is 14.7. The van der Waals surface area contributed by atoms with E-state index >= 15 is 0 Å². The van der Waals surface area contributed by atoms with Crippen molar-refractivity contribution in [1.29, 1.82) is 0 Å². The van der Waals surface area contributed by atoms with E-state index in [2.05, 4.69) is 6.58 Å². The quantitative estimate of drug-likeness (QED) is 0.513. The first-order valence-corrected chi connectivity index (χ1v) is 9.04. The maximum atomic E-state index is 14.7. The number of alkyl halides is 2. The van der Waals surface area contributed by atoms with Gasteiger partial charge < -0.3 is 9.47 Å². The van der Waals surface area contributed by atoms with Crippen LogP contribution in [-0.2, 0) is 19.1 Å². The predicted octanol–water partition coefficient (Wildman–Crippen LogP) is 2.61. The van der Waals surface area contributed by atoms with Gasteiger partial charge in [0, 0.05) is 6.54 Å². The van der Waals surface area contributed by atoms with E-state index < -0.39 is 48.1 Å². The number of hydrogen-bond acceptors (Lipinski definition) is 6. The normalized spacial score (nSPS) is 25.8. The summed E-state index contributed by atoms with van der Waals surface area (Å²) >= 11 is 0. The van der Waals surface area contributed by atoms with Gasteiger partial charge in [0.25, 0.3) is 5.92 Å². The molecule has 9 heteroatoms. The number of carbonyl (C=O) groups is 2. The Kier molecular flexibility index (Phi) is 6.47. The van der Waals surface area contributed by atoms with E-state index in [-0.39, 0.29) is 19.8 Å². The summed E-state index contributed by atoms with van der Waals surface area (Å²) in [5.74, 6) is -4.29. The van der Waals surface area contributed by atoms with Crippen molar-refractivity contribution in [3.05, 3.63) is 12.7 Å². The molecule has 2 rings (SSSR count). The van der Waals surface area contributed by atoms with Crippen LogP contribution in [0.1, 0.15) is 34.1 Å². The second-order valence-electron chi connectivity index (χ2n) is 7.80. The second-order valence-corrected chi connectivity index (χ2v) is 7.80. The lowest BCUT2D eigenvalue weighted by Gasteiger charge is -2.28. The van der Waals surface area contributed by atoms with E-state index in [0.717, 1.165) is 9.96 Å². The van der Waals surface area contributed by atoms with E-state index in [0.29, 0.717) is 6.42 Å². The summed E-state index contributed by atoms with van der Waals surface area (Å²) in [6, 6.07) is -2.16. The summed E-state index contributed by atoms with van der Waals surface area (Å²) in [7, 11) is 0. The van der Waals surface area contributed by atoms with Gasteiger partial charge in [-0.2, -0.15) is 5.06 Å². The summed E-state index contributed by atoms with van der Waals surface area (Å²) in [5.41, 5.74) is -0.786. The zero-order valence-corrected chi connectivity index (χ0v) is 16.2. The largest absolute Gasteiger partial charge is 0.461 e. The number of fused-ring (bicyclic) bond motifs is 1. The molecule has 2 heterocycles. The molecule has 2 fully saturated rings. The first kappa shape index (κ1) is 21.6. The Hall–Kier alpha value is -1.74. The number of halogens is 2. The lowest BCUT2D eigenvalue weighted by Crippen LogP contribution is -2.47. The monoisotopic (exact) mass is 390 g/mol. The Morgan fingerprint density at radius 3 is 2.63 bits per heavy atom. The Labute approximate surface area is 158 Å². The number of rotatable bonds is 6. The van der Waals surface area contributed by atoms with Crippen LogP contribution in [0.2, 0.25) is 0 Å². The van der Waals surface area contributed by atoms with Gasteiger partial charge >= 0.3 is 12.1 Å². The molecule has 27 heavy (non-hydrogen) atoms. The molecule has 2 aliphatic rings. The van der Waals surface area contributed by atoms with Crippen LogP contribution >= 0.6 is 0 Å². The lowest BCUT2D eigenvalue weighted by atomic mass is 10.0. The second kappa shape index (κ2) is 8.10. The first-order valence-electron chi connectivity index (χ1n) is 9.04. The molecule has 0 spiro atoms. The average molecular weight is 390 g/mol. The summed E-state index contributed by atoms with van der Waals surface area (Å²) in [4.78, 5) is 30.8. The van der Waals surface area contributed by atoms with E-state index in [9.17, 15) is 18.4 Å². The van der Waals surface area contributed by atoms with Gasteiger partial charge in [-0.25, -0.2) is 13.6 Å². The molecule has 2 saturated heterocycles. The van der Waals surface area contributed by atoms with Gasteiger partial charge in [0.1, 0.15) is 18.2 Å². The van der Waals surface area contributed by atoms with Crippen LogP contribution < -0.4 is 0 Å². The van der Waals surface area contributed by atoms with Gasteiger partial charge in [0.15, 0.2) is 0 Å². The minimum absolute atomic E-state index is 0.0363. The van der Waals surface area contributed by atoms with Gasteiger partial charge in [0.2, 0.25) is 0 Å². The summed E-state index contributed by atoms with van der Waals surface area (Å²) in [6.07, 6.45) is 1.06. The Balaban J connectivity index is 2.10. The van der Waals surface area contributed by atoms with Gasteiger partial charge in [-0.05, 0) is 27.2 Å². The fraction of sp³-hybridized carbons (Fsp3) is 0.778. The fourth-order valence-electron chi connectivity index (χ4n) is 3.26. The van der Waals surface area contributed by atoms with Gasteiger partial charge in [-0.15, -0.1) is 0 Å². The van der Waals surface area contributed by atoms with Gasteiger partial charge in [-0.1, -0.05) is 19.6 Å². The molecule has 1 unspecified atom stereocenters. The minimum Gasteiger partial charge on any atom is -0.461 e. The number of hydrogen-bond donors (Lipinski definition) is 0. The van der Waals surface area contributed by atoms with Crippen molar-refractivity contribution in [2.75, 3.05) is 26.3 Å². The molecule has 154 valence electrons. The number of carbonyl (C=O) groups excluding carboxylic acids is 2. The number of ether oxygens (including phenoxy) is 2. The molecule has 0 aromatic rings. The van der Waals surface area contributed by atoms with Crippen molar-refractivity contribution in [2.24, 2.45) is 5.92 Å². The van der Waals surface area contributed by atoms with Crippen LogP contribution in [0.4, 0.5) is 13.6 Å². The van der Waals surface area contributed by atoms with E-state index in [1.807, 2.05) is 0 Å². The van der Waals surface area contributed by atoms with Crippen molar-refractivity contribution < 1.29 is 32.7 Å². The molecule has 0 aromatic heterocycles. The molecular weight excluding hydrogens is 362 g/mol. The van der Waals surface area contributed by atoms with Crippen molar-refractivity contribution in [2.45, 2.75) is 57.7 Å². The number of esters is 1. The molecule has 3 atom stereocenters. The molecule has 0 aliphatic carbocycles. The highest BCUT2D eigenvalue weighted by molar-refractivity contribution is 5.72. The third-order valence-electron chi connectivity index (χ3n) is 4.50. The number of nitrogens with zero attached hydrogens (tertiary/aromatic N) is 2. The lowest BCUT2D eigenvalue weighted by molar-refractivity contribution is -0.192. The first-order chi connectivity index (χ1) is 12.5. The third kappa shape index (κ3) is 4.95. The Morgan fingerprint density at radius 1 is 1.41 bits per heavy atom. The molecule has 2 aliphatic heterocycles. The Morgan fingerprint density at radius 2 is 2.07 bits per heavy atom. The van der Waals surface area contributed by atoms with Gasteiger partial charge in [0.05, 0.1) is 25.1 Å². The molecule has 7 nitrogen and oxygen atoms in total. The average Bonchev–Trinajstić information content (AvgIpc) is 3.08. The fourth-order valence-corrected chi connectivity index (χ4v) is 3.26. The number of hydroxylamine groups is 2. The standard InChI is InChI=1S/C18H28F2N2O5/c1-6-8-25-15(23)12(7-2)9-22-14-13(10-26-22)21(11-18(14,19)20)16(24)27-17(3,4)5/h6,12-14H,1,7-11H2,2-5H3/t12?,13-,14+/m1/s1. The van der Waals surface area contributed by atoms with E-state index in [4.69, 9.17) is 14.3 Å². The van der Waals surface area contributed by atoms with Crippen LogP contribution in [-0.4, -0.2) is 71.9 Å². The SMILES string of the molecule is C=CCOC(=O)C(CC)CN1OC[C@@H]2[C@H]1C(F)(F)CN2C(=O)OC(C)(C)C. The highest BCUT2D eigenvalue weighted by Crippen LogP contribution is 2.41. The zero-order chi connectivity index (χ0) is 20.4. The molecule has 1 amide bonds. The van der Waals surface area contributed by atoms with Crippen LogP contribution in [0.25, 0.3) is 0 Å². The van der Waals surface area contributed by atoms with Crippen LogP contribution in [0.15, 0.2) is 12.7 Å². The highest BCUT2D eigenvalue weighted by Gasteiger charge is 2.62. The van der Waals surface area contributed by atoms with Crippen molar-refractivity contribution in [1.82, 2.24) is 9.96 Å². The minimum atomic E-state index is -3.18. The van der Waals surface area contributed by atoms with E-state index in [1.54, 1.807) is 27.7 Å². The molecular formula is C18H28F2N2O5. The maximum Gasteiger partial charge on any atom is 0.410 e. The summed E-state index contributed by atoms with van der Waals surface area (Å²) < 4.78 is 39.6. The van der Waals surface area contributed by atoms with Crippen molar-refractivity contribution in [3.8, 4) is 0 Å². The van der Waals surface area contributed by atoms with E-state index in [1.165, 1.54) is 6.08 Å². The van der Waals surface area contributed by atoms with Crippen molar-refractivity contribution >= 4 is 12.1 Å². The topological polar surface area (TPSA) is 68.3 Å². The zero-order valence-electron chi connectivity index (χ0n) is 16.2. The Bertz CT molecular complexity index is 579. The molecule has 0 bridgehead atoms. The van der Waals surface area contributed by atoms with Crippen LogP contribution in [0, 0.1) is 5.92 Å². The highest BCUT2D eigenvalue weighted by atomic mass is 19.3. The summed E-state index contributed by atoms with van der Waals surface area (Å²) in [6.45, 7) is 9.48. The predicted molar refractivity (Wildman–Crippen MR) is 93.1 cm³/mol. The number of likely N-dealkylation sites (tertiary alicyclic amines) is 1. The third-order valence-corrected chi connectivity index (χ3v) is 4.50. The van der Waals surface area contributed by atoms with Gasteiger partial charge in [-0.3, -0.25) is 14.5 Å².